The van der Waals surface area contributed by atoms with Crippen LogP contribution in [0.25, 0.3) is 27.8 Å². The standard InChI is InChI=1S/C41H50F4O/c1-3-5-7-9-27-46-37-26-25-36(40(44)41(37)45)33-21-19-32(20-22-33)35-24-23-34(38(42)39(35)43)31-17-15-30(16-18-31)29-13-11-28(12-14-29)10-8-6-4-2/h17,19-26,28-30H,3-16,18,27H2,1-2H3. The molecule has 0 radical (unpaired) electrons. The van der Waals surface area contributed by atoms with E-state index < -0.39 is 23.3 Å². The molecule has 0 spiro atoms. The Kier molecular flexibility index (Phi) is 12.4. The summed E-state index contributed by atoms with van der Waals surface area (Å²) in [5.41, 5.74) is 2.40. The molecular weight excluding hydrogens is 584 g/mol. The number of allylic oxidation sites excluding steroid dienone is 2. The Morgan fingerprint density at radius 1 is 0.587 bits per heavy atom. The van der Waals surface area contributed by atoms with E-state index in [4.69, 9.17) is 4.74 Å². The molecule has 0 heterocycles. The number of hydrogen-bond donors (Lipinski definition) is 0. The third-order valence-corrected chi connectivity index (χ3v) is 10.5. The average molecular weight is 635 g/mol. The molecule has 1 unspecified atom stereocenters. The maximum Gasteiger partial charge on any atom is 0.201 e. The van der Waals surface area contributed by atoms with Gasteiger partial charge in [0.2, 0.25) is 5.82 Å². The summed E-state index contributed by atoms with van der Waals surface area (Å²) < 4.78 is 66.1. The van der Waals surface area contributed by atoms with Crippen molar-refractivity contribution in [2.75, 3.05) is 6.61 Å². The van der Waals surface area contributed by atoms with Crippen LogP contribution in [0.4, 0.5) is 17.6 Å². The predicted octanol–water partition coefficient (Wildman–Crippen LogP) is 13.1. The number of ether oxygens (including phenoxy) is 1. The lowest BCUT2D eigenvalue weighted by Gasteiger charge is -2.35. The van der Waals surface area contributed by atoms with E-state index in [1.165, 1.54) is 63.5 Å². The lowest BCUT2D eigenvalue weighted by Crippen LogP contribution is -2.23. The van der Waals surface area contributed by atoms with E-state index in [1.54, 1.807) is 36.4 Å². The number of halogens is 4. The maximum absolute atomic E-state index is 15.5. The fourth-order valence-corrected chi connectivity index (χ4v) is 7.59. The Labute approximate surface area is 273 Å². The van der Waals surface area contributed by atoms with Crippen molar-refractivity contribution >= 4 is 5.57 Å². The first-order valence-electron chi connectivity index (χ1n) is 17.8. The van der Waals surface area contributed by atoms with Crippen molar-refractivity contribution in [1.82, 2.24) is 0 Å². The smallest absolute Gasteiger partial charge is 0.201 e. The Hall–Kier alpha value is -3.08. The molecule has 0 bridgehead atoms. The Morgan fingerprint density at radius 3 is 1.80 bits per heavy atom. The molecule has 1 nitrogen and oxygen atoms in total. The van der Waals surface area contributed by atoms with Crippen LogP contribution in [0, 0.1) is 41.0 Å². The summed E-state index contributed by atoms with van der Waals surface area (Å²) >= 11 is 0. The molecule has 2 aliphatic carbocycles. The maximum atomic E-state index is 15.5. The normalized spacial score (nSPS) is 20.0. The minimum absolute atomic E-state index is 0.0898. The fourth-order valence-electron chi connectivity index (χ4n) is 7.59. The molecule has 5 heteroatoms. The van der Waals surface area contributed by atoms with Crippen molar-refractivity contribution in [3.05, 3.63) is 83.4 Å². The first-order valence-corrected chi connectivity index (χ1v) is 17.8. The molecule has 46 heavy (non-hydrogen) atoms. The summed E-state index contributed by atoms with van der Waals surface area (Å²) in [5.74, 6) is -1.52. The topological polar surface area (TPSA) is 9.23 Å². The number of rotatable bonds is 14. The second-order valence-corrected chi connectivity index (χ2v) is 13.6. The number of unbranched alkanes of at least 4 members (excludes halogenated alkanes) is 5. The van der Waals surface area contributed by atoms with Gasteiger partial charge in [-0.25, -0.2) is 13.2 Å². The van der Waals surface area contributed by atoms with Crippen molar-refractivity contribution in [3.8, 4) is 28.0 Å². The van der Waals surface area contributed by atoms with E-state index in [9.17, 15) is 8.78 Å². The first kappa shape index (κ1) is 34.3. The monoisotopic (exact) mass is 634 g/mol. The zero-order valence-electron chi connectivity index (χ0n) is 27.7. The van der Waals surface area contributed by atoms with Crippen LogP contribution in [-0.2, 0) is 0 Å². The van der Waals surface area contributed by atoms with Crippen molar-refractivity contribution < 1.29 is 22.3 Å². The molecule has 1 fully saturated rings. The van der Waals surface area contributed by atoms with Crippen LogP contribution in [0.3, 0.4) is 0 Å². The van der Waals surface area contributed by atoms with Gasteiger partial charge in [0.25, 0.3) is 0 Å². The largest absolute Gasteiger partial charge is 0.490 e. The van der Waals surface area contributed by atoms with Gasteiger partial charge in [-0.3, -0.25) is 0 Å². The molecule has 248 valence electrons. The van der Waals surface area contributed by atoms with Crippen LogP contribution in [-0.4, -0.2) is 6.61 Å². The highest BCUT2D eigenvalue weighted by Gasteiger charge is 2.29. The highest BCUT2D eigenvalue weighted by molar-refractivity contribution is 5.74. The van der Waals surface area contributed by atoms with Gasteiger partial charge in [-0.15, -0.1) is 0 Å². The second-order valence-electron chi connectivity index (χ2n) is 13.6. The van der Waals surface area contributed by atoms with Gasteiger partial charge < -0.3 is 4.74 Å². The van der Waals surface area contributed by atoms with Crippen LogP contribution in [0.1, 0.15) is 116 Å². The molecular formula is C41H50F4O. The van der Waals surface area contributed by atoms with Gasteiger partial charge in [-0.2, -0.15) is 4.39 Å². The van der Waals surface area contributed by atoms with Crippen molar-refractivity contribution in [2.45, 2.75) is 110 Å². The van der Waals surface area contributed by atoms with E-state index in [0.717, 1.165) is 62.4 Å². The van der Waals surface area contributed by atoms with Crippen molar-refractivity contribution in [3.63, 3.8) is 0 Å². The van der Waals surface area contributed by atoms with Gasteiger partial charge in [0.15, 0.2) is 23.2 Å². The van der Waals surface area contributed by atoms with Gasteiger partial charge in [0.1, 0.15) is 0 Å². The SMILES string of the molecule is CCCCCCOc1ccc(-c2ccc(-c3ccc(C4=CCC(C5CCC(CCCCC)CC5)CC4)c(F)c3F)cc2)c(F)c1F. The van der Waals surface area contributed by atoms with Gasteiger partial charge in [0.05, 0.1) is 6.61 Å². The fraction of sp³-hybridized carbons (Fsp3) is 0.512. The molecule has 0 amide bonds. The molecule has 3 aromatic carbocycles. The summed E-state index contributed by atoms with van der Waals surface area (Å²) in [6.07, 6.45) is 19.5. The molecule has 1 atom stereocenters. The lowest BCUT2D eigenvalue weighted by molar-refractivity contribution is 0.187. The number of hydrogen-bond acceptors (Lipinski definition) is 1. The summed E-state index contributed by atoms with van der Waals surface area (Å²) in [4.78, 5) is 0. The summed E-state index contributed by atoms with van der Waals surface area (Å²) in [5, 5.41) is 0. The molecule has 0 aliphatic heterocycles. The summed E-state index contributed by atoms with van der Waals surface area (Å²) in [6.45, 7) is 4.70. The second kappa shape index (κ2) is 16.7. The van der Waals surface area contributed by atoms with Gasteiger partial charge in [-0.1, -0.05) is 114 Å². The minimum Gasteiger partial charge on any atom is -0.490 e. The highest BCUT2D eigenvalue weighted by Crippen LogP contribution is 2.43. The third-order valence-electron chi connectivity index (χ3n) is 10.5. The van der Waals surface area contributed by atoms with Crippen LogP contribution in [0.2, 0.25) is 0 Å². The summed E-state index contributed by atoms with van der Waals surface area (Å²) in [6, 6.07) is 12.7. The minimum atomic E-state index is -1.02. The van der Waals surface area contributed by atoms with E-state index in [0.29, 0.717) is 29.2 Å². The molecule has 5 rings (SSSR count). The molecule has 0 saturated heterocycles. The molecule has 1 saturated carbocycles. The van der Waals surface area contributed by atoms with E-state index in [-0.39, 0.29) is 16.9 Å². The quantitative estimate of drug-likeness (QED) is 0.127. The van der Waals surface area contributed by atoms with Crippen molar-refractivity contribution in [2.24, 2.45) is 17.8 Å². The zero-order chi connectivity index (χ0) is 32.5. The van der Waals surface area contributed by atoms with E-state index >= 15 is 8.78 Å². The Balaban J connectivity index is 1.21. The number of benzene rings is 3. The van der Waals surface area contributed by atoms with Crippen LogP contribution in [0.5, 0.6) is 5.75 Å². The summed E-state index contributed by atoms with van der Waals surface area (Å²) in [7, 11) is 0. The van der Waals surface area contributed by atoms with Gasteiger partial charge >= 0.3 is 0 Å². The molecule has 2 aliphatic rings. The van der Waals surface area contributed by atoms with Crippen LogP contribution >= 0.6 is 0 Å². The van der Waals surface area contributed by atoms with Gasteiger partial charge in [0, 0.05) is 16.7 Å². The molecule has 3 aromatic rings. The Bertz CT molecular complexity index is 1450. The molecule has 0 N–H and O–H groups in total. The average Bonchev–Trinajstić information content (AvgIpc) is 3.08. The molecule has 0 aromatic heterocycles. The van der Waals surface area contributed by atoms with Crippen LogP contribution in [0.15, 0.2) is 54.6 Å². The third kappa shape index (κ3) is 8.25. The first-order chi connectivity index (χ1) is 22.4. The van der Waals surface area contributed by atoms with Crippen LogP contribution < -0.4 is 4.74 Å². The van der Waals surface area contributed by atoms with Crippen molar-refractivity contribution in [1.29, 1.82) is 0 Å². The zero-order valence-corrected chi connectivity index (χ0v) is 27.7. The van der Waals surface area contributed by atoms with Gasteiger partial charge in [-0.05, 0) is 85.1 Å². The highest BCUT2D eigenvalue weighted by atomic mass is 19.2. The van der Waals surface area contributed by atoms with E-state index in [2.05, 4.69) is 19.9 Å². The lowest BCUT2D eigenvalue weighted by atomic mass is 9.70. The van der Waals surface area contributed by atoms with E-state index in [1.807, 2.05) is 0 Å². The Morgan fingerprint density at radius 2 is 1.17 bits per heavy atom. The predicted molar refractivity (Wildman–Crippen MR) is 182 cm³/mol.